The van der Waals surface area contributed by atoms with Crippen molar-refractivity contribution in [3.05, 3.63) is 224 Å². The third-order valence-corrected chi connectivity index (χ3v) is 14.9. The minimum absolute atomic E-state index is 0.299. The molecule has 5 heteroatoms. The molecular formula is C72H89NO4. The van der Waals surface area contributed by atoms with E-state index < -0.39 is 11.6 Å². The largest absolute Gasteiger partial charge is 0.452 e. The molecule has 0 saturated heterocycles. The van der Waals surface area contributed by atoms with E-state index in [4.69, 9.17) is 14.9 Å². The lowest BCUT2D eigenvalue weighted by atomic mass is 9.76. The number of methoxy groups -OCH3 is 1. The summed E-state index contributed by atoms with van der Waals surface area (Å²) in [6, 6.07) is 50.0. The van der Waals surface area contributed by atoms with Gasteiger partial charge in [-0.15, -0.1) is 6.58 Å². The second-order valence-corrected chi connectivity index (χ2v) is 19.7. The van der Waals surface area contributed by atoms with Crippen molar-refractivity contribution in [1.29, 1.82) is 5.41 Å². The number of hydrogen-bond acceptors (Lipinski definition) is 5. The first-order chi connectivity index (χ1) is 37.5. The molecule has 0 amide bonds. The highest BCUT2D eigenvalue weighted by Gasteiger charge is 2.42. The maximum atomic E-state index is 11.3. The molecule has 4 aliphatic carbocycles. The van der Waals surface area contributed by atoms with Gasteiger partial charge in [-0.3, -0.25) is 10.2 Å². The van der Waals surface area contributed by atoms with Gasteiger partial charge >= 0.3 is 5.97 Å². The summed E-state index contributed by atoms with van der Waals surface area (Å²) in [5.74, 6) is 1.31. The van der Waals surface area contributed by atoms with Crippen molar-refractivity contribution in [3.63, 3.8) is 0 Å². The van der Waals surface area contributed by atoms with E-state index in [2.05, 4.69) is 132 Å². The van der Waals surface area contributed by atoms with Crippen molar-refractivity contribution in [2.45, 2.75) is 149 Å². The van der Waals surface area contributed by atoms with Gasteiger partial charge in [0.05, 0.1) is 11.3 Å². The molecular weight excluding hydrogens is 943 g/mol. The number of esters is 1. The molecule has 77 heavy (non-hydrogen) atoms. The van der Waals surface area contributed by atoms with Crippen LogP contribution < -0.4 is 0 Å². The Morgan fingerprint density at radius 1 is 0.571 bits per heavy atom. The van der Waals surface area contributed by atoms with Gasteiger partial charge in [-0.05, 0) is 125 Å². The van der Waals surface area contributed by atoms with Crippen LogP contribution in [0.5, 0.6) is 0 Å². The zero-order valence-corrected chi connectivity index (χ0v) is 48.0. The van der Waals surface area contributed by atoms with Crippen molar-refractivity contribution >= 4 is 23.5 Å². The number of fused-ring (bicyclic) bond motifs is 6. The van der Waals surface area contributed by atoms with Gasteiger partial charge in [0, 0.05) is 29.9 Å². The molecule has 0 aromatic heterocycles. The SMILES string of the molecule is C=C1c2ccccc2-c2ccccc21.C=CC(=O)OC1(C=C)CCC(C=C)(OC)CC1.CC.CC.CCC.CCCCCC1CCC(c2ccc(-c3ccc(C=O)cc3)cc2)CC1.N=C1c2ccccc2-c2ccccc21. The molecule has 406 valence electrons. The second kappa shape index (κ2) is 32.6. The summed E-state index contributed by atoms with van der Waals surface area (Å²) in [6.45, 7) is 29.6. The van der Waals surface area contributed by atoms with E-state index in [1.165, 1.54) is 114 Å². The van der Waals surface area contributed by atoms with Gasteiger partial charge in [0.2, 0.25) is 0 Å². The van der Waals surface area contributed by atoms with E-state index in [0.717, 1.165) is 53.2 Å². The fraction of sp³-hybridized carbons (Fsp3) is 0.347. The fourth-order valence-corrected chi connectivity index (χ4v) is 10.5. The normalized spacial score (nSPS) is 18.7. The molecule has 0 aliphatic heterocycles. The lowest BCUT2D eigenvalue weighted by Gasteiger charge is -2.42. The van der Waals surface area contributed by atoms with Crippen molar-refractivity contribution in [2.75, 3.05) is 7.11 Å². The molecule has 4 aliphatic rings. The Bertz CT molecular complexity index is 2600. The molecule has 5 nitrogen and oxygen atoms in total. The summed E-state index contributed by atoms with van der Waals surface area (Å²) in [6.07, 6.45) is 20.9. The number of nitrogens with one attached hydrogen (secondary N) is 1. The summed E-state index contributed by atoms with van der Waals surface area (Å²) >= 11 is 0. The van der Waals surface area contributed by atoms with E-state index in [9.17, 15) is 9.59 Å². The Morgan fingerprint density at radius 3 is 1.35 bits per heavy atom. The Kier molecular flexibility index (Phi) is 26.5. The van der Waals surface area contributed by atoms with Crippen LogP contribution in [0.15, 0.2) is 190 Å². The van der Waals surface area contributed by atoms with E-state index in [-0.39, 0.29) is 5.60 Å². The third-order valence-electron chi connectivity index (χ3n) is 14.9. The number of benzene rings is 6. The quantitative estimate of drug-likeness (QED) is 0.0435. The minimum Gasteiger partial charge on any atom is -0.452 e. The maximum absolute atomic E-state index is 11.3. The first-order valence-corrected chi connectivity index (χ1v) is 28.5. The molecule has 0 unspecified atom stereocenters. The summed E-state index contributed by atoms with van der Waals surface area (Å²) in [7, 11) is 1.68. The summed E-state index contributed by atoms with van der Waals surface area (Å²) in [5.41, 5.74) is 15.2. The first kappa shape index (κ1) is 62.6. The summed E-state index contributed by atoms with van der Waals surface area (Å²) in [5, 5.41) is 8.01. The highest BCUT2D eigenvalue weighted by molar-refractivity contribution is 6.23. The lowest BCUT2D eigenvalue weighted by molar-refractivity contribution is -0.155. The topological polar surface area (TPSA) is 76.5 Å². The third kappa shape index (κ3) is 16.8. The molecule has 0 heterocycles. The van der Waals surface area contributed by atoms with Crippen LogP contribution in [0.1, 0.15) is 176 Å². The fourth-order valence-electron chi connectivity index (χ4n) is 10.5. The first-order valence-electron chi connectivity index (χ1n) is 28.5. The number of carbonyl (C=O) groups is 2. The Labute approximate surface area is 464 Å². The molecule has 6 aromatic rings. The number of hydrogen-bond donors (Lipinski definition) is 1. The number of aldehydes is 1. The zero-order chi connectivity index (χ0) is 56.2. The molecule has 2 saturated carbocycles. The van der Waals surface area contributed by atoms with Crippen molar-refractivity contribution in [2.24, 2.45) is 5.92 Å². The summed E-state index contributed by atoms with van der Waals surface area (Å²) < 4.78 is 10.9. The Balaban J connectivity index is 0.000000218. The maximum Gasteiger partial charge on any atom is 0.331 e. The molecule has 0 spiro atoms. The average molecular weight is 1030 g/mol. The number of ether oxygens (including phenoxy) is 2. The average Bonchev–Trinajstić information content (AvgIpc) is 3.99. The van der Waals surface area contributed by atoms with E-state index in [1.807, 2.05) is 94.4 Å². The van der Waals surface area contributed by atoms with Gasteiger partial charge in [0.25, 0.3) is 0 Å². The van der Waals surface area contributed by atoms with Gasteiger partial charge in [0.15, 0.2) is 0 Å². The van der Waals surface area contributed by atoms with Crippen LogP contribution in [-0.2, 0) is 14.3 Å². The summed E-state index contributed by atoms with van der Waals surface area (Å²) in [4.78, 5) is 22.1. The number of unbranched alkanes of at least 4 members (excludes halogenated alkanes) is 2. The van der Waals surface area contributed by atoms with Crippen LogP contribution in [0.25, 0.3) is 39.0 Å². The highest BCUT2D eigenvalue weighted by atomic mass is 16.6. The standard InChI is InChI=1S/C24H30O.C14H20O3.C14H10.C13H9N.C3H8.2C2H6/c1-2-3-4-5-19-6-10-21(11-7-19)23-14-16-24(17-15-23)22-12-8-20(18-25)9-13-22;1-5-12(15)17-14(7-3)10-8-13(6-2,16-4)9-11-14;1-10-11-6-2-4-8-13(11)14-9-5-3-7-12(10)14;14-13-11-7-3-1-5-9(11)10-6-2-4-8-12(10)13;1-3-2;2*1-2/h8-9,12-19,21H,2-7,10-11H2,1H3;5-7H,1-3,8-11H2,4H3;2-9H,1H2;1-8,14H;3H2,1-2H3;2*1-2H3. The second-order valence-electron chi connectivity index (χ2n) is 19.7. The van der Waals surface area contributed by atoms with E-state index in [0.29, 0.717) is 18.6 Å². The monoisotopic (exact) mass is 1030 g/mol. The predicted molar refractivity (Wildman–Crippen MR) is 330 cm³/mol. The Morgan fingerprint density at radius 2 is 0.961 bits per heavy atom. The Hall–Kier alpha value is -6.95. The molecule has 10 rings (SSSR count). The molecule has 1 N–H and O–H groups in total. The van der Waals surface area contributed by atoms with Crippen LogP contribution in [0.2, 0.25) is 0 Å². The van der Waals surface area contributed by atoms with Crippen molar-refractivity contribution in [3.8, 4) is 33.4 Å². The van der Waals surface area contributed by atoms with Gasteiger partial charge in [-0.2, -0.15) is 0 Å². The molecule has 0 atom stereocenters. The van der Waals surface area contributed by atoms with Crippen LogP contribution in [0.4, 0.5) is 0 Å². The van der Waals surface area contributed by atoms with Crippen molar-refractivity contribution in [1.82, 2.24) is 0 Å². The predicted octanol–water partition coefficient (Wildman–Crippen LogP) is 20.1. The van der Waals surface area contributed by atoms with E-state index >= 15 is 0 Å². The minimum atomic E-state index is -0.587. The van der Waals surface area contributed by atoms with Crippen LogP contribution in [0.3, 0.4) is 0 Å². The zero-order valence-electron chi connectivity index (χ0n) is 48.0. The smallest absolute Gasteiger partial charge is 0.331 e. The van der Waals surface area contributed by atoms with Gasteiger partial charge < -0.3 is 9.47 Å². The molecule has 6 aromatic carbocycles. The van der Waals surface area contributed by atoms with Crippen LogP contribution in [-0.4, -0.2) is 36.3 Å². The van der Waals surface area contributed by atoms with Crippen molar-refractivity contribution < 1.29 is 19.1 Å². The number of rotatable bonds is 12. The lowest BCUT2D eigenvalue weighted by Crippen LogP contribution is -2.44. The van der Waals surface area contributed by atoms with E-state index in [1.54, 1.807) is 13.2 Å². The van der Waals surface area contributed by atoms with Crippen LogP contribution >= 0.6 is 0 Å². The number of carbonyl (C=O) groups excluding carboxylic acids is 2. The van der Waals surface area contributed by atoms with Crippen LogP contribution in [0, 0.1) is 11.3 Å². The van der Waals surface area contributed by atoms with Gasteiger partial charge in [-0.1, -0.05) is 252 Å². The van der Waals surface area contributed by atoms with Gasteiger partial charge in [-0.25, -0.2) is 4.79 Å². The van der Waals surface area contributed by atoms with Gasteiger partial charge in [0.1, 0.15) is 11.9 Å². The molecule has 0 bridgehead atoms. The molecule has 0 radical (unpaired) electrons. The molecule has 2 fully saturated rings. The highest BCUT2D eigenvalue weighted by Crippen LogP contribution is 2.44.